The summed E-state index contributed by atoms with van der Waals surface area (Å²) in [6, 6.07) is 2.64. The van der Waals surface area contributed by atoms with Crippen LogP contribution in [-0.4, -0.2) is 41.8 Å². The third kappa shape index (κ3) is 3.66. The first-order valence-electron chi connectivity index (χ1n) is 8.52. The molecule has 0 saturated carbocycles. The summed E-state index contributed by atoms with van der Waals surface area (Å²) in [6.45, 7) is 8.22. The van der Waals surface area contributed by atoms with Gasteiger partial charge >= 0.3 is 12.3 Å². The Morgan fingerprint density at radius 2 is 1.88 bits per heavy atom. The molecule has 3 rings (SSSR count). The monoisotopic (exact) mass is 434 g/mol. The molecule has 4 nitrogen and oxygen atoms in total. The molecule has 26 heavy (non-hydrogen) atoms. The van der Waals surface area contributed by atoms with E-state index in [4.69, 9.17) is 4.74 Å². The summed E-state index contributed by atoms with van der Waals surface area (Å²) in [5, 5.41) is 0. The second-order valence-corrected chi connectivity index (χ2v) is 8.81. The molecule has 1 unspecified atom stereocenters. The number of carbonyl (C=O) groups excluding carboxylic acids is 1. The highest BCUT2D eigenvalue weighted by Crippen LogP contribution is 2.44. The van der Waals surface area contributed by atoms with Crippen LogP contribution in [0.4, 0.5) is 23.7 Å². The van der Waals surface area contributed by atoms with Crippen LogP contribution in [-0.2, 0) is 17.3 Å². The number of fused-ring (bicyclic) bond motifs is 3. The van der Waals surface area contributed by atoms with Crippen LogP contribution >= 0.6 is 15.9 Å². The number of hydrogen-bond acceptors (Lipinski definition) is 3. The number of piperazine rings is 1. The van der Waals surface area contributed by atoms with Gasteiger partial charge in [-0.25, -0.2) is 4.79 Å². The van der Waals surface area contributed by atoms with E-state index in [1.165, 1.54) is 6.07 Å². The van der Waals surface area contributed by atoms with E-state index in [1.807, 2.05) is 32.6 Å². The Morgan fingerprint density at radius 1 is 1.23 bits per heavy atom. The van der Waals surface area contributed by atoms with E-state index in [9.17, 15) is 18.0 Å². The summed E-state index contributed by atoms with van der Waals surface area (Å²) in [4.78, 5) is 16.1. The maximum atomic E-state index is 13.2. The van der Waals surface area contributed by atoms with Crippen LogP contribution in [0.3, 0.4) is 0 Å². The van der Waals surface area contributed by atoms with Crippen LogP contribution in [0.1, 0.15) is 38.8 Å². The van der Waals surface area contributed by atoms with Gasteiger partial charge in [0.05, 0.1) is 11.6 Å². The Bertz CT molecular complexity index is 730. The minimum atomic E-state index is -4.41. The molecule has 8 heteroatoms. The van der Waals surface area contributed by atoms with Crippen LogP contribution in [0.2, 0.25) is 0 Å². The zero-order valence-corrected chi connectivity index (χ0v) is 16.7. The van der Waals surface area contributed by atoms with E-state index >= 15 is 0 Å². The zero-order chi connectivity index (χ0) is 19.4. The number of rotatable bonds is 0. The molecular weight excluding hydrogens is 413 g/mol. The normalized spacial score (nSPS) is 22.9. The van der Waals surface area contributed by atoms with Gasteiger partial charge in [-0.15, -0.1) is 0 Å². The predicted molar refractivity (Wildman–Crippen MR) is 96.4 cm³/mol. The Labute approximate surface area is 159 Å². The average molecular weight is 435 g/mol. The summed E-state index contributed by atoms with van der Waals surface area (Å²) < 4.78 is 45.2. The van der Waals surface area contributed by atoms with E-state index in [0.29, 0.717) is 25.2 Å². The number of nitrogens with zero attached hydrogens (tertiary/aromatic N) is 2. The summed E-state index contributed by atoms with van der Waals surface area (Å²) in [5.74, 6) is 0. The lowest BCUT2D eigenvalue weighted by molar-refractivity contribution is -0.138. The molecule has 0 aliphatic carbocycles. The molecule has 2 aliphatic heterocycles. The van der Waals surface area contributed by atoms with Gasteiger partial charge in [-0.05, 0) is 51.8 Å². The Hall–Kier alpha value is -1.44. The van der Waals surface area contributed by atoms with E-state index in [2.05, 4.69) is 15.9 Å². The van der Waals surface area contributed by atoms with Gasteiger partial charge in [-0.2, -0.15) is 13.2 Å². The molecule has 2 atom stereocenters. The van der Waals surface area contributed by atoms with Gasteiger partial charge in [0, 0.05) is 29.3 Å². The van der Waals surface area contributed by atoms with Crippen molar-refractivity contribution in [3.63, 3.8) is 0 Å². The van der Waals surface area contributed by atoms with Gasteiger partial charge in [-0.1, -0.05) is 15.9 Å². The Kier molecular flexibility index (Phi) is 4.70. The van der Waals surface area contributed by atoms with Crippen LogP contribution in [0.25, 0.3) is 0 Å². The fraction of sp³-hybridized carbons (Fsp3) is 0.611. The van der Waals surface area contributed by atoms with Crippen molar-refractivity contribution in [2.45, 2.75) is 58.0 Å². The van der Waals surface area contributed by atoms with Crippen molar-refractivity contribution in [1.82, 2.24) is 4.90 Å². The number of amides is 1. The first-order valence-corrected chi connectivity index (χ1v) is 9.32. The molecule has 2 aliphatic rings. The van der Waals surface area contributed by atoms with Crippen molar-refractivity contribution in [2.24, 2.45) is 0 Å². The number of ether oxygens (including phenoxy) is 1. The van der Waals surface area contributed by atoms with Crippen LogP contribution in [0.15, 0.2) is 16.6 Å². The molecule has 1 saturated heterocycles. The second-order valence-electron chi connectivity index (χ2n) is 7.96. The minimum absolute atomic E-state index is 0.0448. The quantitative estimate of drug-likeness (QED) is 0.585. The fourth-order valence-electron chi connectivity index (χ4n) is 3.73. The summed E-state index contributed by atoms with van der Waals surface area (Å²) >= 11 is 3.05. The predicted octanol–water partition coefficient (Wildman–Crippen LogP) is 4.84. The molecule has 1 aromatic rings. The molecule has 0 spiro atoms. The maximum absolute atomic E-state index is 13.2. The second kappa shape index (κ2) is 6.32. The highest BCUT2D eigenvalue weighted by Gasteiger charge is 2.43. The van der Waals surface area contributed by atoms with Gasteiger partial charge in [0.15, 0.2) is 0 Å². The third-order valence-electron chi connectivity index (χ3n) is 4.64. The molecule has 0 bridgehead atoms. The first-order chi connectivity index (χ1) is 11.9. The van der Waals surface area contributed by atoms with Crippen molar-refractivity contribution in [3.8, 4) is 0 Å². The summed E-state index contributed by atoms with van der Waals surface area (Å²) in [6.07, 6.45) is -4.18. The zero-order valence-electron chi connectivity index (χ0n) is 15.2. The number of carbonyl (C=O) groups is 1. The number of benzene rings is 1. The topological polar surface area (TPSA) is 32.8 Å². The van der Waals surface area contributed by atoms with Crippen molar-refractivity contribution in [2.75, 3.05) is 18.0 Å². The van der Waals surface area contributed by atoms with Gasteiger partial charge in [0.2, 0.25) is 0 Å². The lowest BCUT2D eigenvalue weighted by atomic mass is 10.1. The average Bonchev–Trinajstić information content (AvgIpc) is 2.80. The Morgan fingerprint density at radius 3 is 2.46 bits per heavy atom. The molecule has 0 N–H and O–H groups in total. The molecule has 1 aromatic carbocycles. The maximum Gasteiger partial charge on any atom is 0.417 e. The van der Waals surface area contributed by atoms with Crippen LogP contribution in [0, 0.1) is 0 Å². The van der Waals surface area contributed by atoms with Crippen LogP contribution in [0.5, 0.6) is 0 Å². The lowest BCUT2D eigenvalue weighted by Crippen LogP contribution is -2.58. The molecular formula is C18H22BrF3N2O2. The summed E-state index contributed by atoms with van der Waals surface area (Å²) in [5.41, 5.74) is 0.232. The molecule has 1 fully saturated rings. The summed E-state index contributed by atoms with van der Waals surface area (Å²) in [7, 11) is 0. The van der Waals surface area contributed by atoms with Gasteiger partial charge in [-0.3, -0.25) is 0 Å². The van der Waals surface area contributed by atoms with Crippen molar-refractivity contribution in [3.05, 3.63) is 27.7 Å². The number of hydrogen-bond donors (Lipinski definition) is 0. The van der Waals surface area contributed by atoms with Gasteiger partial charge in [0.25, 0.3) is 0 Å². The van der Waals surface area contributed by atoms with Crippen molar-refractivity contribution >= 4 is 27.7 Å². The fourth-order valence-corrected chi connectivity index (χ4v) is 4.35. The van der Waals surface area contributed by atoms with E-state index < -0.39 is 17.3 Å². The van der Waals surface area contributed by atoms with Gasteiger partial charge in [0.1, 0.15) is 5.60 Å². The highest BCUT2D eigenvalue weighted by molar-refractivity contribution is 9.10. The third-order valence-corrected chi connectivity index (χ3v) is 5.30. The molecule has 0 aromatic heterocycles. The first kappa shape index (κ1) is 19.3. The Balaban J connectivity index is 1.86. The van der Waals surface area contributed by atoms with E-state index in [-0.39, 0.29) is 22.6 Å². The van der Waals surface area contributed by atoms with Gasteiger partial charge < -0.3 is 14.5 Å². The largest absolute Gasteiger partial charge is 0.444 e. The molecule has 144 valence electrons. The highest BCUT2D eigenvalue weighted by atomic mass is 79.9. The number of alkyl halides is 3. The van der Waals surface area contributed by atoms with Crippen LogP contribution < -0.4 is 4.90 Å². The number of anilines is 1. The molecule has 1 amide bonds. The standard InChI is InChI=1S/C18H22BrF3N2O2/c1-10-8-23(16(25)26-17(2,3)4)9-12-5-11-6-14(19)13(18(20,21)22)7-15(11)24(10)12/h6-7,10,12H,5,8-9H2,1-4H3/t10?,12-/m0/s1. The van der Waals surface area contributed by atoms with Crippen molar-refractivity contribution < 1.29 is 22.7 Å². The van der Waals surface area contributed by atoms with Crippen molar-refractivity contribution in [1.29, 1.82) is 0 Å². The smallest absolute Gasteiger partial charge is 0.417 e. The van der Waals surface area contributed by atoms with E-state index in [0.717, 1.165) is 5.56 Å². The molecule has 0 radical (unpaired) electrons. The minimum Gasteiger partial charge on any atom is -0.444 e. The molecule has 2 heterocycles. The lowest BCUT2D eigenvalue weighted by Gasteiger charge is -2.44. The SMILES string of the molecule is CC1CN(C(=O)OC(C)(C)C)C[C@@H]2Cc3cc(Br)c(C(F)(F)F)cc3N12. The van der Waals surface area contributed by atoms with E-state index in [1.54, 1.807) is 11.0 Å². The number of halogens is 4.